The van der Waals surface area contributed by atoms with Crippen molar-refractivity contribution in [3.8, 4) is 0 Å². The summed E-state index contributed by atoms with van der Waals surface area (Å²) in [5.41, 5.74) is 0. The second-order valence-corrected chi connectivity index (χ2v) is 3.83. The van der Waals surface area contributed by atoms with E-state index in [0.29, 0.717) is 12.6 Å². The molecule has 5 heteroatoms. The highest BCUT2D eigenvalue weighted by atomic mass is 16.5. The molecule has 1 aromatic rings. The first kappa shape index (κ1) is 10.6. The number of methoxy groups -OCH3 is 1. The average molecular weight is 211 g/mol. The summed E-state index contributed by atoms with van der Waals surface area (Å²) in [7, 11) is 1.73. The monoisotopic (exact) mass is 211 g/mol. The Morgan fingerprint density at radius 1 is 1.53 bits per heavy atom. The lowest BCUT2D eigenvalue weighted by molar-refractivity contribution is 0.0804. The Kier molecular flexibility index (Phi) is 3.35. The van der Waals surface area contributed by atoms with Crippen LogP contribution in [0.4, 0.5) is 0 Å². The van der Waals surface area contributed by atoms with Crippen LogP contribution in [0.1, 0.15) is 6.04 Å². The van der Waals surface area contributed by atoms with Crippen molar-refractivity contribution in [1.82, 2.24) is 14.5 Å². The zero-order chi connectivity index (χ0) is 10.7. The molecule has 1 N–H and O–H groups in total. The van der Waals surface area contributed by atoms with E-state index in [9.17, 15) is 0 Å². The molecule has 0 unspecified atom stereocenters. The number of aliphatic hydroxyl groups excluding tert-OH is 1. The number of hydrogen-bond acceptors (Lipinski definition) is 4. The minimum atomic E-state index is 0.186. The van der Waals surface area contributed by atoms with Crippen LogP contribution in [0.5, 0.6) is 0 Å². The minimum absolute atomic E-state index is 0.186. The van der Waals surface area contributed by atoms with Gasteiger partial charge in [0.25, 0.3) is 0 Å². The van der Waals surface area contributed by atoms with Gasteiger partial charge >= 0.3 is 0 Å². The quantitative estimate of drug-likeness (QED) is 0.746. The average Bonchev–Trinajstić information content (AvgIpc) is 2.84. The number of nitrogens with zero attached hydrogens (tertiary/aromatic N) is 3. The molecule has 0 bridgehead atoms. The maximum atomic E-state index is 8.90. The van der Waals surface area contributed by atoms with Crippen LogP contribution in [0.3, 0.4) is 0 Å². The first-order chi connectivity index (χ1) is 7.35. The Morgan fingerprint density at radius 3 is 3.00 bits per heavy atom. The summed E-state index contributed by atoms with van der Waals surface area (Å²) in [6.07, 6.45) is 5.74. The van der Waals surface area contributed by atoms with Crippen LogP contribution in [-0.4, -0.2) is 59.0 Å². The fourth-order valence-electron chi connectivity index (χ4n) is 2.14. The van der Waals surface area contributed by atoms with E-state index in [1.165, 1.54) is 0 Å². The molecular weight excluding hydrogens is 194 g/mol. The number of aliphatic hydroxyl groups is 1. The normalized spacial score (nSPS) is 27.3. The Labute approximate surface area is 89.3 Å². The topological polar surface area (TPSA) is 50.5 Å². The van der Waals surface area contributed by atoms with Gasteiger partial charge in [0.15, 0.2) is 0 Å². The lowest BCUT2D eigenvalue weighted by atomic mass is 10.2. The third-order valence-electron chi connectivity index (χ3n) is 2.94. The van der Waals surface area contributed by atoms with Crippen molar-refractivity contribution in [2.45, 2.75) is 12.1 Å². The van der Waals surface area contributed by atoms with Gasteiger partial charge in [0, 0.05) is 39.1 Å². The van der Waals surface area contributed by atoms with E-state index in [1.54, 1.807) is 13.3 Å². The molecule has 1 aromatic heterocycles. The molecule has 0 saturated carbocycles. The molecule has 1 fully saturated rings. The van der Waals surface area contributed by atoms with Crippen molar-refractivity contribution in [1.29, 1.82) is 0 Å². The standard InChI is InChI=1S/C10H17N3O2/c1-15-10-7-12(4-5-14)6-9(10)13-3-2-11-8-13/h2-3,8-10,14H,4-7H2,1H3/t9-,10+/m1/s1. The summed E-state index contributed by atoms with van der Waals surface area (Å²) >= 11 is 0. The molecule has 2 atom stereocenters. The fourth-order valence-corrected chi connectivity index (χ4v) is 2.14. The molecule has 15 heavy (non-hydrogen) atoms. The van der Waals surface area contributed by atoms with E-state index in [2.05, 4.69) is 14.5 Å². The smallest absolute Gasteiger partial charge is 0.0949 e. The number of likely N-dealkylation sites (tertiary alicyclic amines) is 1. The third-order valence-corrected chi connectivity index (χ3v) is 2.94. The molecule has 1 saturated heterocycles. The predicted octanol–water partition coefficient (Wildman–Crippen LogP) is -0.253. The molecule has 0 radical (unpaired) electrons. The molecule has 0 aliphatic carbocycles. The third kappa shape index (κ3) is 2.19. The van der Waals surface area contributed by atoms with Gasteiger partial charge in [-0.25, -0.2) is 4.98 Å². The van der Waals surface area contributed by atoms with Gasteiger partial charge in [0.05, 0.1) is 25.1 Å². The number of ether oxygens (including phenoxy) is 1. The molecule has 2 rings (SSSR count). The molecule has 2 heterocycles. The van der Waals surface area contributed by atoms with E-state index < -0.39 is 0 Å². The largest absolute Gasteiger partial charge is 0.395 e. The van der Waals surface area contributed by atoms with E-state index in [1.807, 2.05) is 12.5 Å². The lowest BCUT2D eigenvalue weighted by Gasteiger charge is -2.17. The van der Waals surface area contributed by atoms with Crippen LogP contribution in [0.25, 0.3) is 0 Å². The number of hydrogen-bond donors (Lipinski definition) is 1. The van der Waals surface area contributed by atoms with E-state index >= 15 is 0 Å². The van der Waals surface area contributed by atoms with E-state index in [0.717, 1.165) is 13.1 Å². The second kappa shape index (κ2) is 4.74. The molecular formula is C10H17N3O2. The summed E-state index contributed by atoms with van der Waals surface area (Å²) in [5, 5.41) is 8.90. The summed E-state index contributed by atoms with van der Waals surface area (Å²) in [6.45, 7) is 2.70. The highest BCUT2D eigenvalue weighted by Gasteiger charge is 2.33. The molecule has 1 aliphatic heterocycles. The zero-order valence-corrected chi connectivity index (χ0v) is 8.91. The van der Waals surface area contributed by atoms with Gasteiger partial charge in [-0.3, -0.25) is 4.90 Å². The minimum Gasteiger partial charge on any atom is -0.395 e. The SMILES string of the molecule is CO[C@H]1CN(CCO)C[C@H]1n1ccnc1. The highest BCUT2D eigenvalue weighted by molar-refractivity contribution is 4.92. The van der Waals surface area contributed by atoms with Crippen LogP contribution in [0, 0.1) is 0 Å². The van der Waals surface area contributed by atoms with Gasteiger partial charge in [0.2, 0.25) is 0 Å². The molecule has 0 amide bonds. The highest BCUT2D eigenvalue weighted by Crippen LogP contribution is 2.23. The van der Waals surface area contributed by atoms with Crippen LogP contribution in [0.2, 0.25) is 0 Å². The van der Waals surface area contributed by atoms with Crippen LogP contribution >= 0.6 is 0 Å². The Bertz CT molecular complexity index is 289. The van der Waals surface area contributed by atoms with Crippen LogP contribution < -0.4 is 0 Å². The fraction of sp³-hybridized carbons (Fsp3) is 0.700. The second-order valence-electron chi connectivity index (χ2n) is 3.83. The van der Waals surface area contributed by atoms with Gasteiger partial charge in [-0.1, -0.05) is 0 Å². The maximum absolute atomic E-state index is 8.90. The van der Waals surface area contributed by atoms with E-state index in [4.69, 9.17) is 9.84 Å². The van der Waals surface area contributed by atoms with Crippen molar-refractivity contribution in [3.63, 3.8) is 0 Å². The van der Waals surface area contributed by atoms with Crippen molar-refractivity contribution >= 4 is 0 Å². The Hall–Kier alpha value is -0.910. The zero-order valence-electron chi connectivity index (χ0n) is 8.91. The van der Waals surface area contributed by atoms with Crippen LogP contribution in [-0.2, 0) is 4.74 Å². The van der Waals surface area contributed by atoms with Crippen LogP contribution in [0.15, 0.2) is 18.7 Å². The summed E-state index contributed by atoms with van der Waals surface area (Å²) in [4.78, 5) is 6.25. The van der Waals surface area contributed by atoms with E-state index in [-0.39, 0.29) is 12.7 Å². The molecule has 1 aliphatic rings. The van der Waals surface area contributed by atoms with Gasteiger partial charge < -0.3 is 14.4 Å². The molecule has 84 valence electrons. The van der Waals surface area contributed by atoms with Gasteiger partial charge in [-0.15, -0.1) is 0 Å². The van der Waals surface area contributed by atoms with Gasteiger partial charge in [0.1, 0.15) is 0 Å². The predicted molar refractivity (Wildman–Crippen MR) is 55.6 cm³/mol. The number of β-amino-alcohol motifs (C(OH)–C–C–N with tert-alkyl or cyclic N) is 1. The van der Waals surface area contributed by atoms with Gasteiger partial charge in [-0.05, 0) is 0 Å². The Balaban J connectivity index is 2.04. The first-order valence-electron chi connectivity index (χ1n) is 5.18. The molecule has 5 nitrogen and oxygen atoms in total. The Morgan fingerprint density at radius 2 is 2.40 bits per heavy atom. The summed E-state index contributed by atoms with van der Waals surface area (Å²) in [5.74, 6) is 0. The number of rotatable bonds is 4. The van der Waals surface area contributed by atoms with Crippen molar-refractivity contribution in [2.24, 2.45) is 0 Å². The number of imidazole rings is 1. The number of aromatic nitrogens is 2. The van der Waals surface area contributed by atoms with Crippen molar-refractivity contribution < 1.29 is 9.84 Å². The van der Waals surface area contributed by atoms with Crippen molar-refractivity contribution in [3.05, 3.63) is 18.7 Å². The summed E-state index contributed by atoms with van der Waals surface area (Å²) in [6, 6.07) is 0.309. The van der Waals surface area contributed by atoms with Crippen molar-refractivity contribution in [2.75, 3.05) is 33.4 Å². The first-order valence-corrected chi connectivity index (χ1v) is 5.18. The molecule has 0 spiro atoms. The lowest BCUT2D eigenvalue weighted by Crippen LogP contribution is -2.25. The summed E-state index contributed by atoms with van der Waals surface area (Å²) < 4.78 is 7.53. The molecule has 0 aromatic carbocycles. The maximum Gasteiger partial charge on any atom is 0.0949 e. The van der Waals surface area contributed by atoms with Gasteiger partial charge in [-0.2, -0.15) is 0 Å².